The molecule has 0 bridgehead atoms. The van der Waals surface area contributed by atoms with Crippen molar-refractivity contribution in [3.63, 3.8) is 0 Å². The highest BCUT2D eigenvalue weighted by Gasteiger charge is 2.42. The monoisotopic (exact) mass is 308 g/mol. The average molecular weight is 308 g/mol. The summed E-state index contributed by atoms with van der Waals surface area (Å²) in [7, 11) is 0. The van der Waals surface area contributed by atoms with E-state index in [2.05, 4.69) is 39.8 Å². The van der Waals surface area contributed by atoms with E-state index in [-0.39, 0.29) is 29.5 Å². The van der Waals surface area contributed by atoms with E-state index < -0.39 is 0 Å². The smallest absolute Gasteiger partial charge is 0.232 e. The lowest BCUT2D eigenvalue weighted by Gasteiger charge is -2.29. The van der Waals surface area contributed by atoms with Gasteiger partial charge in [-0.05, 0) is 24.2 Å². The molecule has 0 N–H and O–H groups in total. The standard InChI is InChI=1S/C17H28N2O3/c1-10(2)13-11(6-8-20-13)16-18-15(19-22-16)12-7-9-21-14(12)17(3,4)5/h10-14H,6-9H2,1-5H3/t11-,12+,13-,14+/m1/s1. The van der Waals surface area contributed by atoms with Crippen molar-refractivity contribution >= 4 is 0 Å². The van der Waals surface area contributed by atoms with Crippen molar-refractivity contribution in [1.82, 2.24) is 10.1 Å². The number of nitrogens with zero attached hydrogens (tertiary/aromatic N) is 2. The van der Waals surface area contributed by atoms with Gasteiger partial charge >= 0.3 is 0 Å². The number of hydrogen-bond donors (Lipinski definition) is 0. The quantitative estimate of drug-likeness (QED) is 0.855. The minimum Gasteiger partial charge on any atom is -0.377 e. The fourth-order valence-corrected chi connectivity index (χ4v) is 3.79. The fourth-order valence-electron chi connectivity index (χ4n) is 3.79. The van der Waals surface area contributed by atoms with Crippen LogP contribution in [-0.2, 0) is 9.47 Å². The second-order valence-electron chi connectivity index (χ2n) is 8.02. The Kier molecular flexibility index (Phi) is 4.29. The van der Waals surface area contributed by atoms with Crippen molar-refractivity contribution in [2.24, 2.45) is 11.3 Å². The first-order chi connectivity index (χ1) is 10.4. The van der Waals surface area contributed by atoms with Gasteiger partial charge in [-0.15, -0.1) is 0 Å². The second-order valence-corrected chi connectivity index (χ2v) is 8.02. The maximum absolute atomic E-state index is 5.93. The van der Waals surface area contributed by atoms with Crippen molar-refractivity contribution in [2.45, 2.75) is 71.5 Å². The summed E-state index contributed by atoms with van der Waals surface area (Å²) in [5, 5.41) is 4.28. The van der Waals surface area contributed by atoms with Gasteiger partial charge in [0.2, 0.25) is 5.89 Å². The van der Waals surface area contributed by atoms with Crippen LogP contribution in [0.5, 0.6) is 0 Å². The molecule has 2 aliphatic heterocycles. The average Bonchev–Trinajstić information content (AvgIpc) is 3.17. The summed E-state index contributed by atoms with van der Waals surface area (Å²) >= 11 is 0. The molecule has 3 rings (SSSR count). The van der Waals surface area contributed by atoms with Crippen molar-refractivity contribution in [2.75, 3.05) is 13.2 Å². The molecule has 0 spiro atoms. The molecule has 0 saturated carbocycles. The van der Waals surface area contributed by atoms with Gasteiger partial charge in [0.1, 0.15) is 0 Å². The van der Waals surface area contributed by atoms with E-state index in [0.29, 0.717) is 5.92 Å². The molecule has 5 heteroatoms. The van der Waals surface area contributed by atoms with E-state index in [4.69, 9.17) is 19.0 Å². The zero-order chi connectivity index (χ0) is 15.9. The van der Waals surface area contributed by atoms with Crippen molar-refractivity contribution < 1.29 is 14.0 Å². The molecular weight excluding hydrogens is 280 g/mol. The van der Waals surface area contributed by atoms with Crippen molar-refractivity contribution in [3.8, 4) is 0 Å². The molecule has 2 aliphatic rings. The molecular formula is C17H28N2O3. The number of rotatable bonds is 3. The van der Waals surface area contributed by atoms with Gasteiger partial charge in [-0.1, -0.05) is 39.8 Å². The summed E-state index contributed by atoms with van der Waals surface area (Å²) in [6, 6.07) is 0. The number of hydrogen-bond acceptors (Lipinski definition) is 5. The maximum Gasteiger partial charge on any atom is 0.232 e. The molecule has 22 heavy (non-hydrogen) atoms. The van der Waals surface area contributed by atoms with E-state index in [1.165, 1.54) is 0 Å². The van der Waals surface area contributed by atoms with Crippen LogP contribution in [0.4, 0.5) is 0 Å². The predicted octanol–water partition coefficient (Wildman–Crippen LogP) is 3.52. The van der Waals surface area contributed by atoms with Gasteiger partial charge in [-0.3, -0.25) is 0 Å². The Labute approximate surface area is 132 Å². The molecule has 0 aromatic carbocycles. The van der Waals surface area contributed by atoms with Crippen molar-refractivity contribution in [3.05, 3.63) is 11.7 Å². The molecule has 1 aromatic heterocycles. The molecule has 2 saturated heterocycles. The fraction of sp³-hybridized carbons (Fsp3) is 0.882. The van der Waals surface area contributed by atoms with Gasteiger partial charge in [-0.2, -0.15) is 4.98 Å². The molecule has 2 fully saturated rings. The van der Waals surface area contributed by atoms with E-state index in [1.54, 1.807) is 0 Å². The Balaban J connectivity index is 1.79. The highest BCUT2D eigenvalue weighted by molar-refractivity contribution is 5.08. The van der Waals surface area contributed by atoms with Crippen LogP contribution in [0.3, 0.4) is 0 Å². The van der Waals surface area contributed by atoms with Crippen molar-refractivity contribution in [1.29, 1.82) is 0 Å². The van der Waals surface area contributed by atoms with Gasteiger partial charge in [0.25, 0.3) is 0 Å². The molecule has 5 nitrogen and oxygen atoms in total. The lowest BCUT2D eigenvalue weighted by molar-refractivity contribution is 0.0193. The van der Waals surface area contributed by atoms with E-state index in [1.807, 2.05) is 0 Å². The second kappa shape index (κ2) is 5.93. The lowest BCUT2D eigenvalue weighted by Crippen LogP contribution is -2.30. The summed E-state index contributed by atoms with van der Waals surface area (Å²) < 4.78 is 17.4. The first-order valence-corrected chi connectivity index (χ1v) is 8.44. The Morgan fingerprint density at radius 1 is 1.05 bits per heavy atom. The van der Waals surface area contributed by atoms with Crippen LogP contribution in [0.1, 0.15) is 71.0 Å². The summed E-state index contributed by atoms with van der Waals surface area (Å²) in [4.78, 5) is 4.73. The summed E-state index contributed by atoms with van der Waals surface area (Å²) in [6.45, 7) is 12.5. The minimum absolute atomic E-state index is 0.0822. The first kappa shape index (κ1) is 15.9. The van der Waals surface area contributed by atoms with Gasteiger partial charge in [0.05, 0.1) is 24.0 Å². The molecule has 0 radical (unpaired) electrons. The highest BCUT2D eigenvalue weighted by Crippen LogP contribution is 2.41. The summed E-state index contributed by atoms with van der Waals surface area (Å²) in [5.41, 5.74) is 0.0822. The third-order valence-electron chi connectivity index (χ3n) is 4.84. The first-order valence-electron chi connectivity index (χ1n) is 8.44. The van der Waals surface area contributed by atoms with Crippen LogP contribution in [0.15, 0.2) is 4.52 Å². The van der Waals surface area contributed by atoms with Gasteiger partial charge in [0, 0.05) is 13.2 Å². The van der Waals surface area contributed by atoms with Gasteiger partial charge < -0.3 is 14.0 Å². The zero-order valence-corrected chi connectivity index (χ0v) is 14.3. The lowest BCUT2D eigenvalue weighted by atomic mass is 9.81. The predicted molar refractivity (Wildman–Crippen MR) is 82.8 cm³/mol. The van der Waals surface area contributed by atoms with Crippen LogP contribution in [-0.4, -0.2) is 35.6 Å². The molecule has 0 unspecified atom stereocenters. The Morgan fingerprint density at radius 2 is 1.73 bits per heavy atom. The number of ether oxygens (including phenoxy) is 2. The molecule has 0 amide bonds. The topological polar surface area (TPSA) is 57.4 Å². The van der Waals surface area contributed by atoms with Crippen LogP contribution < -0.4 is 0 Å². The van der Waals surface area contributed by atoms with Crippen LogP contribution >= 0.6 is 0 Å². The normalized spacial score (nSPS) is 33.0. The molecule has 0 aliphatic carbocycles. The molecule has 1 aromatic rings. The Bertz CT molecular complexity index is 506. The third kappa shape index (κ3) is 2.93. The molecule has 124 valence electrons. The van der Waals surface area contributed by atoms with E-state index in [9.17, 15) is 0 Å². The van der Waals surface area contributed by atoms with Crippen LogP contribution in [0.2, 0.25) is 0 Å². The van der Waals surface area contributed by atoms with Crippen LogP contribution in [0.25, 0.3) is 0 Å². The van der Waals surface area contributed by atoms with E-state index >= 15 is 0 Å². The van der Waals surface area contributed by atoms with Gasteiger partial charge in [0.15, 0.2) is 5.82 Å². The maximum atomic E-state index is 5.93. The summed E-state index contributed by atoms with van der Waals surface area (Å²) in [5.74, 6) is 2.47. The summed E-state index contributed by atoms with van der Waals surface area (Å²) in [6.07, 6.45) is 2.27. The molecule has 4 atom stereocenters. The zero-order valence-electron chi connectivity index (χ0n) is 14.3. The van der Waals surface area contributed by atoms with Gasteiger partial charge in [-0.25, -0.2) is 0 Å². The third-order valence-corrected chi connectivity index (χ3v) is 4.84. The SMILES string of the molecule is CC(C)[C@H]1OCC[C@H]1c1nc([C@H]2CCO[C@@H]2C(C)(C)C)no1. The largest absolute Gasteiger partial charge is 0.377 e. The number of aromatic nitrogens is 2. The highest BCUT2D eigenvalue weighted by atomic mass is 16.5. The Hall–Kier alpha value is -0.940. The molecule has 3 heterocycles. The van der Waals surface area contributed by atoms with E-state index in [0.717, 1.165) is 37.8 Å². The Morgan fingerprint density at radius 3 is 2.41 bits per heavy atom. The minimum atomic E-state index is 0.0822. The van der Waals surface area contributed by atoms with Crippen LogP contribution in [0, 0.1) is 11.3 Å².